The number of benzene rings is 1. The molecule has 1 unspecified atom stereocenters. The zero-order chi connectivity index (χ0) is 12.1. The fourth-order valence-corrected chi connectivity index (χ4v) is 1.83. The summed E-state index contributed by atoms with van der Waals surface area (Å²) in [6.07, 6.45) is 1.45. The van der Waals surface area contributed by atoms with E-state index >= 15 is 0 Å². The van der Waals surface area contributed by atoms with E-state index in [0.29, 0.717) is 6.04 Å². The average Bonchev–Trinajstić information content (AvgIpc) is 2.25. The van der Waals surface area contributed by atoms with Crippen molar-refractivity contribution < 1.29 is 5.11 Å². The molecule has 0 aliphatic rings. The second-order valence-corrected chi connectivity index (χ2v) is 4.27. The zero-order valence-electron chi connectivity index (χ0n) is 10.4. The van der Waals surface area contributed by atoms with Crippen LogP contribution in [0.3, 0.4) is 0 Å². The van der Waals surface area contributed by atoms with Gasteiger partial charge in [-0.15, -0.1) is 6.58 Å². The lowest BCUT2D eigenvalue weighted by Crippen LogP contribution is -2.31. The SMILES string of the molecule is C=CCN(c1ccccc1C(C)O)C(C)C. The third kappa shape index (κ3) is 2.86. The van der Waals surface area contributed by atoms with E-state index in [2.05, 4.69) is 25.3 Å². The predicted octanol–water partition coefficient (Wildman–Crippen LogP) is 3.14. The Hall–Kier alpha value is -1.28. The lowest BCUT2D eigenvalue weighted by Gasteiger charge is -2.30. The van der Waals surface area contributed by atoms with Crippen LogP contribution in [0.25, 0.3) is 0 Å². The van der Waals surface area contributed by atoms with Gasteiger partial charge in [-0.3, -0.25) is 0 Å². The molecule has 16 heavy (non-hydrogen) atoms. The molecule has 1 N–H and O–H groups in total. The minimum Gasteiger partial charge on any atom is -0.389 e. The van der Waals surface area contributed by atoms with Gasteiger partial charge in [0, 0.05) is 23.8 Å². The van der Waals surface area contributed by atoms with E-state index in [-0.39, 0.29) is 0 Å². The molecule has 1 atom stereocenters. The molecule has 2 heteroatoms. The van der Waals surface area contributed by atoms with Crippen molar-refractivity contribution in [2.24, 2.45) is 0 Å². The minimum absolute atomic E-state index is 0.387. The maximum atomic E-state index is 9.75. The fraction of sp³-hybridized carbons (Fsp3) is 0.429. The first kappa shape index (κ1) is 12.8. The van der Waals surface area contributed by atoms with E-state index in [1.807, 2.05) is 30.3 Å². The highest BCUT2D eigenvalue weighted by Crippen LogP contribution is 2.27. The van der Waals surface area contributed by atoms with Crippen molar-refractivity contribution >= 4 is 5.69 Å². The van der Waals surface area contributed by atoms with E-state index in [4.69, 9.17) is 0 Å². The highest BCUT2D eigenvalue weighted by Gasteiger charge is 2.14. The van der Waals surface area contributed by atoms with Crippen LogP contribution in [0.2, 0.25) is 0 Å². The molecule has 0 saturated heterocycles. The van der Waals surface area contributed by atoms with Crippen molar-refractivity contribution in [1.82, 2.24) is 0 Å². The molecule has 88 valence electrons. The molecule has 1 aromatic carbocycles. The van der Waals surface area contributed by atoms with E-state index in [1.165, 1.54) is 0 Å². The zero-order valence-corrected chi connectivity index (χ0v) is 10.4. The Bertz CT molecular complexity index is 344. The van der Waals surface area contributed by atoms with Gasteiger partial charge in [-0.05, 0) is 26.8 Å². The number of hydrogen-bond donors (Lipinski definition) is 1. The number of aliphatic hydroxyl groups is 1. The molecule has 2 nitrogen and oxygen atoms in total. The van der Waals surface area contributed by atoms with Gasteiger partial charge in [0.1, 0.15) is 0 Å². The first-order valence-electron chi connectivity index (χ1n) is 5.72. The third-order valence-corrected chi connectivity index (χ3v) is 2.65. The van der Waals surface area contributed by atoms with E-state index < -0.39 is 6.10 Å². The van der Waals surface area contributed by atoms with E-state index in [1.54, 1.807) is 6.92 Å². The quantitative estimate of drug-likeness (QED) is 0.769. The smallest absolute Gasteiger partial charge is 0.0781 e. The van der Waals surface area contributed by atoms with Gasteiger partial charge in [0.15, 0.2) is 0 Å². The van der Waals surface area contributed by atoms with Crippen molar-refractivity contribution in [2.75, 3.05) is 11.4 Å². The van der Waals surface area contributed by atoms with Gasteiger partial charge in [-0.25, -0.2) is 0 Å². The molecule has 0 aromatic heterocycles. The van der Waals surface area contributed by atoms with Gasteiger partial charge >= 0.3 is 0 Å². The van der Waals surface area contributed by atoms with Crippen LogP contribution in [0.4, 0.5) is 5.69 Å². The van der Waals surface area contributed by atoms with Crippen LogP contribution in [0, 0.1) is 0 Å². The number of aliphatic hydroxyl groups excluding tert-OH is 1. The summed E-state index contributed by atoms with van der Waals surface area (Å²) < 4.78 is 0. The van der Waals surface area contributed by atoms with Crippen molar-refractivity contribution in [3.63, 3.8) is 0 Å². The summed E-state index contributed by atoms with van der Waals surface area (Å²) in [5.74, 6) is 0. The molecule has 1 aromatic rings. The largest absolute Gasteiger partial charge is 0.389 e. The summed E-state index contributed by atoms with van der Waals surface area (Å²) >= 11 is 0. The lowest BCUT2D eigenvalue weighted by atomic mass is 10.1. The van der Waals surface area contributed by atoms with Gasteiger partial charge in [0.05, 0.1) is 6.10 Å². The van der Waals surface area contributed by atoms with Gasteiger partial charge < -0.3 is 10.0 Å². The van der Waals surface area contributed by atoms with Crippen molar-refractivity contribution in [3.8, 4) is 0 Å². The molecular weight excluding hydrogens is 198 g/mol. The molecule has 0 amide bonds. The Balaban J connectivity index is 3.12. The van der Waals surface area contributed by atoms with Crippen LogP contribution >= 0.6 is 0 Å². The summed E-state index contributed by atoms with van der Waals surface area (Å²) in [6.45, 7) is 10.7. The van der Waals surface area contributed by atoms with E-state index in [9.17, 15) is 5.11 Å². The van der Waals surface area contributed by atoms with Crippen LogP contribution < -0.4 is 4.90 Å². The Labute approximate surface area is 98.2 Å². The molecule has 0 bridgehead atoms. The Morgan fingerprint density at radius 3 is 2.44 bits per heavy atom. The highest BCUT2D eigenvalue weighted by atomic mass is 16.3. The van der Waals surface area contributed by atoms with Gasteiger partial charge in [-0.2, -0.15) is 0 Å². The summed E-state index contributed by atoms with van der Waals surface area (Å²) in [4.78, 5) is 2.23. The average molecular weight is 219 g/mol. The molecule has 0 heterocycles. The third-order valence-electron chi connectivity index (χ3n) is 2.65. The topological polar surface area (TPSA) is 23.5 Å². The predicted molar refractivity (Wildman–Crippen MR) is 69.8 cm³/mol. The number of para-hydroxylation sites is 1. The van der Waals surface area contributed by atoms with Crippen molar-refractivity contribution in [1.29, 1.82) is 0 Å². The van der Waals surface area contributed by atoms with Crippen molar-refractivity contribution in [3.05, 3.63) is 42.5 Å². The molecule has 0 saturated carbocycles. The van der Waals surface area contributed by atoms with Gasteiger partial charge in [0.2, 0.25) is 0 Å². The van der Waals surface area contributed by atoms with Crippen LogP contribution in [-0.2, 0) is 0 Å². The first-order chi connectivity index (χ1) is 7.57. The van der Waals surface area contributed by atoms with Crippen LogP contribution in [0.1, 0.15) is 32.4 Å². The summed E-state index contributed by atoms with van der Waals surface area (Å²) in [5, 5.41) is 9.75. The van der Waals surface area contributed by atoms with E-state index in [0.717, 1.165) is 17.8 Å². The molecule has 0 aliphatic heterocycles. The van der Waals surface area contributed by atoms with Crippen LogP contribution in [-0.4, -0.2) is 17.7 Å². The molecular formula is C14H21NO. The fourth-order valence-electron chi connectivity index (χ4n) is 1.83. The molecule has 0 radical (unpaired) electrons. The summed E-state index contributed by atoms with van der Waals surface area (Å²) in [5.41, 5.74) is 2.06. The summed E-state index contributed by atoms with van der Waals surface area (Å²) in [6, 6.07) is 8.36. The second-order valence-electron chi connectivity index (χ2n) is 4.27. The normalized spacial score (nSPS) is 12.6. The number of hydrogen-bond acceptors (Lipinski definition) is 2. The number of rotatable bonds is 5. The maximum absolute atomic E-state index is 9.75. The standard InChI is InChI=1S/C14H21NO/c1-5-10-15(11(2)3)14-9-7-6-8-13(14)12(4)16/h5-9,11-12,16H,1,10H2,2-4H3. The highest BCUT2D eigenvalue weighted by molar-refractivity contribution is 5.55. The molecule has 1 rings (SSSR count). The number of nitrogens with zero attached hydrogens (tertiary/aromatic N) is 1. The molecule has 0 aliphatic carbocycles. The maximum Gasteiger partial charge on any atom is 0.0781 e. The van der Waals surface area contributed by atoms with Gasteiger partial charge in [-0.1, -0.05) is 24.3 Å². The first-order valence-corrected chi connectivity index (χ1v) is 5.72. The van der Waals surface area contributed by atoms with Crippen molar-refractivity contribution in [2.45, 2.75) is 32.9 Å². The molecule has 0 spiro atoms. The minimum atomic E-state index is -0.442. The Kier molecular flexibility index (Phi) is 4.56. The summed E-state index contributed by atoms with van der Waals surface area (Å²) in [7, 11) is 0. The van der Waals surface area contributed by atoms with Gasteiger partial charge in [0.25, 0.3) is 0 Å². The second kappa shape index (κ2) is 5.71. The molecule has 0 fully saturated rings. The Morgan fingerprint density at radius 2 is 1.94 bits per heavy atom. The van der Waals surface area contributed by atoms with Crippen LogP contribution in [0.15, 0.2) is 36.9 Å². The number of anilines is 1. The Morgan fingerprint density at radius 1 is 1.31 bits per heavy atom. The van der Waals surface area contributed by atoms with Crippen LogP contribution in [0.5, 0.6) is 0 Å². The lowest BCUT2D eigenvalue weighted by molar-refractivity contribution is 0.199. The monoisotopic (exact) mass is 219 g/mol.